The molecule has 5 heteroatoms. The highest BCUT2D eigenvalue weighted by molar-refractivity contribution is 7.99. The average molecular weight is 301 g/mol. The molecule has 1 atom stereocenters. The number of fused-ring (bicyclic) bond motifs is 3. The molecule has 0 saturated carbocycles. The number of rotatable bonds is 4. The molecule has 110 valence electrons. The van der Waals surface area contributed by atoms with Gasteiger partial charge in [-0.1, -0.05) is 43.8 Å². The summed E-state index contributed by atoms with van der Waals surface area (Å²) in [6.45, 7) is 6.93. The molecule has 4 nitrogen and oxygen atoms in total. The van der Waals surface area contributed by atoms with Crippen LogP contribution in [0.25, 0.3) is 21.9 Å². The highest BCUT2D eigenvalue weighted by Crippen LogP contribution is 2.27. The van der Waals surface area contributed by atoms with Crippen molar-refractivity contribution in [1.29, 1.82) is 0 Å². The Morgan fingerprint density at radius 2 is 2.10 bits per heavy atom. The minimum atomic E-state index is 0.0181. The van der Waals surface area contributed by atoms with E-state index in [0.29, 0.717) is 17.3 Å². The highest BCUT2D eigenvalue weighted by atomic mass is 32.2. The first kappa shape index (κ1) is 14.2. The van der Waals surface area contributed by atoms with Crippen molar-refractivity contribution in [3.05, 3.63) is 34.6 Å². The Bertz CT molecular complexity index is 850. The van der Waals surface area contributed by atoms with Crippen LogP contribution < -0.4 is 5.56 Å². The number of benzene rings is 1. The van der Waals surface area contributed by atoms with Crippen LogP contribution in [0.5, 0.6) is 0 Å². The third-order valence-corrected chi connectivity index (χ3v) is 5.03. The summed E-state index contributed by atoms with van der Waals surface area (Å²) in [7, 11) is 0. The van der Waals surface area contributed by atoms with Gasteiger partial charge in [0.05, 0.1) is 0 Å². The van der Waals surface area contributed by atoms with Gasteiger partial charge in [-0.3, -0.25) is 9.36 Å². The summed E-state index contributed by atoms with van der Waals surface area (Å²) >= 11 is 1.67. The normalized spacial score (nSPS) is 13.1. The lowest BCUT2D eigenvalue weighted by molar-refractivity contribution is 0.632. The Hall–Kier alpha value is -1.75. The fraction of sp³-hybridized carbons (Fsp3) is 0.375. The molecule has 3 rings (SSSR count). The van der Waals surface area contributed by atoms with Crippen molar-refractivity contribution < 1.29 is 0 Å². The van der Waals surface area contributed by atoms with Crippen LogP contribution >= 0.6 is 11.8 Å². The number of H-pyrrole nitrogens is 1. The smallest absolute Gasteiger partial charge is 0.278 e. The van der Waals surface area contributed by atoms with Gasteiger partial charge in [-0.25, -0.2) is 4.98 Å². The topological polar surface area (TPSA) is 50.7 Å². The molecule has 0 radical (unpaired) electrons. The van der Waals surface area contributed by atoms with E-state index in [9.17, 15) is 4.79 Å². The molecular formula is C16H19N3OS. The van der Waals surface area contributed by atoms with Gasteiger partial charge >= 0.3 is 0 Å². The molecule has 1 N–H and O–H groups in total. The van der Waals surface area contributed by atoms with Crippen LogP contribution in [0, 0.1) is 0 Å². The molecule has 0 aliphatic rings. The number of hydrogen-bond acceptors (Lipinski definition) is 3. The molecule has 1 aromatic carbocycles. The Morgan fingerprint density at radius 3 is 2.81 bits per heavy atom. The molecular weight excluding hydrogens is 282 g/mol. The number of aromatic nitrogens is 3. The molecule has 2 heterocycles. The number of hydrogen-bond donors (Lipinski definition) is 1. The maximum Gasteiger partial charge on any atom is 0.278 e. The van der Waals surface area contributed by atoms with Crippen molar-refractivity contribution in [2.75, 3.05) is 0 Å². The second kappa shape index (κ2) is 5.56. The van der Waals surface area contributed by atoms with Crippen molar-refractivity contribution in [1.82, 2.24) is 14.5 Å². The van der Waals surface area contributed by atoms with Crippen molar-refractivity contribution in [3.63, 3.8) is 0 Å². The standard InChI is InChI=1S/C16H19N3OS/c1-4-10(3)21-16-18-13-11-8-6-7-9-12(11)17-14(13)15(20)19(16)5-2/h6-10,17H,4-5H2,1-3H3/t10-/m1/s1. The van der Waals surface area contributed by atoms with E-state index < -0.39 is 0 Å². The minimum absolute atomic E-state index is 0.0181. The summed E-state index contributed by atoms with van der Waals surface area (Å²) < 4.78 is 1.76. The first-order valence-corrected chi connectivity index (χ1v) is 8.21. The van der Waals surface area contributed by atoms with Gasteiger partial charge in [0.1, 0.15) is 11.0 Å². The largest absolute Gasteiger partial charge is 0.349 e. The lowest BCUT2D eigenvalue weighted by atomic mass is 10.2. The molecule has 0 unspecified atom stereocenters. The van der Waals surface area contributed by atoms with Crippen molar-refractivity contribution in [2.45, 2.75) is 44.1 Å². The first-order chi connectivity index (χ1) is 10.2. The first-order valence-electron chi connectivity index (χ1n) is 7.33. The van der Waals surface area contributed by atoms with Gasteiger partial charge in [-0.2, -0.15) is 0 Å². The molecule has 0 spiro atoms. The van der Waals surface area contributed by atoms with E-state index in [1.54, 1.807) is 16.3 Å². The van der Waals surface area contributed by atoms with Gasteiger partial charge in [0.15, 0.2) is 5.16 Å². The van der Waals surface area contributed by atoms with E-state index in [0.717, 1.165) is 28.0 Å². The third-order valence-electron chi connectivity index (χ3n) is 3.77. The monoisotopic (exact) mass is 301 g/mol. The molecule has 0 fully saturated rings. The van der Waals surface area contributed by atoms with Crippen LogP contribution in [0.3, 0.4) is 0 Å². The SMILES string of the molecule is CC[C@@H](C)Sc1nc2c([nH]c3ccccc32)c(=O)n1CC. The maximum atomic E-state index is 12.7. The van der Waals surface area contributed by atoms with Crippen molar-refractivity contribution in [2.24, 2.45) is 0 Å². The molecule has 0 aliphatic carbocycles. The molecule has 0 bridgehead atoms. The van der Waals surface area contributed by atoms with Crippen molar-refractivity contribution >= 4 is 33.7 Å². The van der Waals surface area contributed by atoms with E-state index in [-0.39, 0.29) is 5.56 Å². The lowest BCUT2D eigenvalue weighted by Crippen LogP contribution is -2.23. The number of nitrogens with one attached hydrogen (secondary N) is 1. The van der Waals surface area contributed by atoms with Gasteiger partial charge < -0.3 is 4.98 Å². The van der Waals surface area contributed by atoms with E-state index in [1.807, 2.05) is 31.2 Å². The molecule has 0 saturated heterocycles. The van der Waals surface area contributed by atoms with E-state index in [4.69, 9.17) is 4.98 Å². The second-order valence-corrected chi connectivity index (χ2v) is 6.58. The number of nitrogens with zero attached hydrogens (tertiary/aromatic N) is 2. The van der Waals surface area contributed by atoms with Gasteiger partial charge in [0.25, 0.3) is 5.56 Å². The number of aromatic amines is 1. The predicted molar refractivity (Wildman–Crippen MR) is 89.1 cm³/mol. The Morgan fingerprint density at radius 1 is 1.33 bits per heavy atom. The van der Waals surface area contributed by atoms with Crippen LogP contribution in [-0.4, -0.2) is 19.8 Å². The van der Waals surface area contributed by atoms with Crippen LogP contribution in [0.2, 0.25) is 0 Å². The summed E-state index contributed by atoms with van der Waals surface area (Å²) in [5.74, 6) is 0. The Kier molecular flexibility index (Phi) is 3.76. The fourth-order valence-electron chi connectivity index (χ4n) is 2.41. The van der Waals surface area contributed by atoms with Gasteiger partial charge in [0.2, 0.25) is 0 Å². The minimum Gasteiger partial charge on any atom is -0.349 e. The van der Waals surface area contributed by atoms with Crippen LogP contribution in [0.15, 0.2) is 34.2 Å². The predicted octanol–water partition coefficient (Wildman–Crippen LogP) is 3.79. The van der Waals surface area contributed by atoms with Gasteiger partial charge in [0, 0.05) is 22.7 Å². The van der Waals surface area contributed by atoms with E-state index in [1.165, 1.54) is 0 Å². The quantitative estimate of drug-likeness (QED) is 0.589. The van der Waals surface area contributed by atoms with Crippen LogP contribution in [-0.2, 0) is 6.54 Å². The van der Waals surface area contributed by atoms with Crippen molar-refractivity contribution in [3.8, 4) is 0 Å². The van der Waals surface area contributed by atoms with Gasteiger partial charge in [-0.15, -0.1) is 0 Å². The maximum absolute atomic E-state index is 12.7. The van der Waals surface area contributed by atoms with Gasteiger partial charge in [-0.05, 0) is 19.4 Å². The number of para-hydroxylation sites is 1. The molecule has 2 aromatic heterocycles. The second-order valence-electron chi connectivity index (χ2n) is 5.17. The zero-order valence-electron chi connectivity index (χ0n) is 12.5. The van der Waals surface area contributed by atoms with Crippen LogP contribution in [0.1, 0.15) is 27.2 Å². The number of thioether (sulfide) groups is 1. The summed E-state index contributed by atoms with van der Waals surface area (Å²) in [5.41, 5.74) is 2.37. The fourth-order valence-corrected chi connectivity index (χ4v) is 3.42. The summed E-state index contributed by atoms with van der Waals surface area (Å²) in [5, 5.41) is 2.27. The molecule has 0 amide bonds. The lowest BCUT2D eigenvalue weighted by Gasteiger charge is -2.12. The van der Waals surface area contributed by atoms with E-state index >= 15 is 0 Å². The average Bonchev–Trinajstić information content (AvgIpc) is 2.87. The van der Waals surface area contributed by atoms with Crippen LogP contribution in [0.4, 0.5) is 0 Å². The summed E-state index contributed by atoms with van der Waals surface area (Å²) in [6, 6.07) is 7.93. The Labute approximate surface area is 127 Å². The molecule has 0 aliphatic heterocycles. The Balaban J connectivity index is 2.32. The highest BCUT2D eigenvalue weighted by Gasteiger charge is 2.16. The zero-order chi connectivity index (χ0) is 15.0. The summed E-state index contributed by atoms with van der Waals surface area (Å²) in [4.78, 5) is 20.7. The third kappa shape index (κ3) is 2.35. The zero-order valence-corrected chi connectivity index (χ0v) is 13.3. The molecule has 3 aromatic rings. The van der Waals surface area contributed by atoms with E-state index in [2.05, 4.69) is 18.8 Å². The molecule has 21 heavy (non-hydrogen) atoms. The summed E-state index contributed by atoms with van der Waals surface area (Å²) in [6.07, 6.45) is 1.05.